The molecule has 3 heterocycles. The van der Waals surface area contributed by atoms with Crippen molar-refractivity contribution < 1.29 is 18.9 Å². The number of ether oxygens (including phenoxy) is 4. The first-order valence-corrected chi connectivity index (χ1v) is 6.69. The Bertz CT molecular complexity index is 407. The molecule has 3 aliphatic heterocycles. The summed E-state index contributed by atoms with van der Waals surface area (Å²) in [6.07, 6.45) is -0.266. The molecule has 0 amide bonds. The zero-order chi connectivity index (χ0) is 13.3. The third-order valence-corrected chi connectivity index (χ3v) is 3.71. The Morgan fingerprint density at radius 3 is 2.26 bits per heavy atom. The Labute approximate surface area is 113 Å². The lowest BCUT2D eigenvalue weighted by Gasteiger charge is -2.52. The summed E-state index contributed by atoms with van der Waals surface area (Å²) in [7, 11) is 0. The van der Waals surface area contributed by atoms with Gasteiger partial charge in [-0.05, 0) is 12.5 Å². The molecule has 3 fully saturated rings. The molecule has 4 heteroatoms. The summed E-state index contributed by atoms with van der Waals surface area (Å²) in [6.45, 7) is 6.53. The van der Waals surface area contributed by atoms with E-state index in [1.807, 2.05) is 37.3 Å². The second kappa shape index (κ2) is 4.87. The Kier molecular flexibility index (Phi) is 3.35. The predicted molar refractivity (Wildman–Crippen MR) is 69.4 cm³/mol. The van der Waals surface area contributed by atoms with Crippen LogP contribution in [0.4, 0.5) is 0 Å². The Morgan fingerprint density at radius 1 is 1.11 bits per heavy atom. The first kappa shape index (κ1) is 13.1. The monoisotopic (exact) mass is 264 g/mol. The molecule has 4 nitrogen and oxygen atoms in total. The number of benzene rings is 1. The number of hydrogen-bond acceptors (Lipinski definition) is 4. The van der Waals surface area contributed by atoms with Gasteiger partial charge < -0.3 is 18.9 Å². The maximum Gasteiger partial charge on any atom is 0.310 e. The van der Waals surface area contributed by atoms with Gasteiger partial charge in [0.15, 0.2) is 0 Å². The average molecular weight is 264 g/mol. The first-order chi connectivity index (χ1) is 9.12. The molecular weight excluding hydrogens is 244 g/mol. The van der Waals surface area contributed by atoms with Crippen LogP contribution in [0, 0.1) is 5.41 Å². The standard InChI is InChI=1S/C15H20O4/c1-12(16-8-13-6-4-3-5-7-13)15-17-9-14(2,10-18-15)11-19-15/h3-7,12H,8-11H2,1-2H3. The van der Waals surface area contributed by atoms with Crippen molar-refractivity contribution in [1.82, 2.24) is 0 Å². The van der Waals surface area contributed by atoms with Gasteiger partial charge in [0.1, 0.15) is 6.10 Å². The van der Waals surface area contributed by atoms with E-state index in [4.69, 9.17) is 18.9 Å². The molecule has 0 radical (unpaired) electrons. The summed E-state index contributed by atoms with van der Waals surface area (Å²) in [4.78, 5) is 0. The van der Waals surface area contributed by atoms with Crippen molar-refractivity contribution in [2.24, 2.45) is 5.41 Å². The van der Waals surface area contributed by atoms with Gasteiger partial charge >= 0.3 is 5.97 Å². The smallest absolute Gasteiger partial charge is 0.310 e. The van der Waals surface area contributed by atoms with Crippen molar-refractivity contribution >= 4 is 0 Å². The molecule has 0 N–H and O–H groups in total. The average Bonchev–Trinajstić information content (AvgIpc) is 2.47. The highest BCUT2D eigenvalue weighted by Gasteiger charge is 2.54. The fraction of sp³-hybridized carbons (Fsp3) is 0.600. The molecule has 2 bridgehead atoms. The van der Waals surface area contributed by atoms with Crippen LogP contribution in [0.1, 0.15) is 19.4 Å². The van der Waals surface area contributed by atoms with Crippen LogP contribution in [0.15, 0.2) is 30.3 Å². The molecule has 1 atom stereocenters. The van der Waals surface area contributed by atoms with Gasteiger partial charge in [0.25, 0.3) is 0 Å². The van der Waals surface area contributed by atoms with E-state index < -0.39 is 5.97 Å². The number of fused-ring (bicyclic) bond motifs is 3. The highest BCUT2D eigenvalue weighted by molar-refractivity contribution is 5.13. The fourth-order valence-corrected chi connectivity index (χ4v) is 2.32. The SMILES string of the molecule is CC(OCc1ccccc1)C12OCC(C)(CO1)CO2. The zero-order valence-corrected chi connectivity index (χ0v) is 11.4. The van der Waals surface area contributed by atoms with Crippen molar-refractivity contribution in [3.05, 3.63) is 35.9 Å². The summed E-state index contributed by atoms with van der Waals surface area (Å²) < 4.78 is 23.1. The van der Waals surface area contributed by atoms with Gasteiger partial charge in [-0.3, -0.25) is 0 Å². The third-order valence-electron chi connectivity index (χ3n) is 3.71. The Morgan fingerprint density at radius 2 is 1.68 bits per heavy atom. The minimum Gasteiger partial charge on any atom is -0.365 e. The molecule has 1 unspecified atom stereocenters. The molecule has 0 saturated carbocycles. The van der Waals surface area contributed by atoms with Crippen LogP contribution in [-0.4, -0.2) is 31.9 Å². The summed E-state index contributed by atoms with van der Waals surface area (Å²) in [5.74, 6) is -1.02. The highest BCUT2D eigenvalue weighted by Crippen LogP contribution is 2.40. The van der Waals surface area contributed by atoms with Crippen LogP contribution in [0.5, 0.6) is 0 Å². The van der Waals surface area contributed by atoms with Crippen LogP contribution in [-0.2, 0) is 25.6 Å². The van der Waals surface area contributed by atoms with E-state index in [9.17, 15) is 0 Å². The Balaban J connectivity index is 1.60. The maximum atomic E-state index is 5.84. The molecule has 3 aliphatic rings. The van der Waals surface area contributed by atoms with Crippen molar-refractivity contribution in [3.63, 3.8) is 0 Å². The lowest BCUT2D eigenvalue weighted by atomic mass is 9.91. The highest BCUT2D eigenvalue weighted by atomic mass is 16.9. The lowest BCUT2D eigenvalue weighted by molar-refractivity contribution is -0.489. The van der Waals surface area contributed by atoms with E-state index in [2.05, 4.69) is 6.92 Å². The van der Waals surface area contributed by atoms with Gasteiger partial charge in [0.2, 0.25) is 0 Å². The summed E-state index contributed by atoms with van der Waals surface area (Å²) in [5.41, 5.74) is 1.11. The van der Waals surface area contributed by atoms with Gasteiger partial charge in [-0.25, -0.2) is 0 Å². The molecule has 4 rings (SSSR count). The first-order valence-electron chi connectivity index (χ1n) is 6.69. The van der Waals surface area contributed by atoms with E-state index in [0.29, 0.717) is 26.4 Å². The summed E-state index contributed by atoms with van der Waals surface area (Å²) in [6, 6.07) is 10.1. The van der Waals surface area contributed by atoms with Gasteiger partial charge in [-0.2, -0.15) is 0 Å². The van der Waals surface area contributed by atoms with Crippen molar-refractivity contribution in [1.29, 1.82) is 0 Å². The minimum absolute atomic E-state index is 0.0130. The quantitative estimate of drug-likeness (QED) is 0.836. The molecule has 0 aromatic heterocycles. The van der Waals surface area contributed by atoms with Crippen LogP contribution >= 0.6 is 0 Å². The van der Waals surface area contributed by atoms with E-state index >= 15 is 0 Å². The molecule has 19 heavy (non-hydrogen) atoms. The Hall–Kier alpha value is -0.940. The number of hydrogen-bond donors (Lipinski definition) is 0. The molecule has 0 spiro atoms. The summed E-state index contributed by atoms with van der Waals surface area (Å²) >= 11 is 0. The lowest BCUT2D eigenvalue weighted by Crippen LogP contribution is -2.63. The second-order valence-corrected chi connectivity index (χ2v) is 5.72. The maximum absolute atomic E-state index is 5.84. The van der Waals surface area contributed by atoms with Gasteiger partial charge in [0.05, 0.1) is 26.4 Å². The number of rotatable bonds is 4. The van der Waals surface area contributed by atoms with Crippen LogP contribution in [0.3, 0.4) is 0 Å². The van der Waals surface area contributed by atoms with Gasteiger partial charge in [-0.1, -0.05) is 37.3 Å². The largest absolute Gasteiger partial charge is 0.365 e. The topological polar surface area (TPSA) is 36.9 Å². The van der Waals surface area contributed by atoms with E-state index in [1.54, 1.807) is 0 Å². The van der Waals surface area contributed by atoms with E-state index in [-0.39, 0.29) is 11.5 Å². The molecular formula is C15H20O4. The van der Waals surface area contributed by atoms with E-state index in [1.165, 1.54) is 0 Å². The van der Waals surface area contributed by atoms with Crippen LogP contribution in [0.2, 0.25) is 0 Å². The fourth-order valence-electron chi connectivity index (χ4n) is 2.32. The molecule has 0 aliphatic carbocycles. The van der Waals surface area contributed by atoms with E-state index in [0.717, 1.165) is 5.56 Å². The third kappa shape index (κ3) is 2.54. The predicted octanol–water partition coefficient (Wildman–Crippen LogP) is 2.33. The molecule has 1 aromatic rings. The van der Waals surface area contributed by atoms with Crippen LogP contribution < -0.4 is 0 Å². The zero-order valence-electron chi connectivity index (χ0n) is 11.4. The normalized spacial score (nSPS) is 35.3. The minimum atomic E-state index is -1.02. The van der Waals surface area contributed by atoms with Gasteiger partial charge in [-0.15, -0.1) is 0 Å². The second-order valence-electron chi connectivity index (χ2n) is 5.72. The summed E-state index contributed by atoms with van der Waals surface area (Å²) in [5, 5.41) is 0. The van der Waals surface area contributed by atoms with Crippen molar-refractivity contribution in [3.8, 4) is 0 Å². The molecule has 104 valence electrons. The van der Waals surface area contributed by atoms with Crippen molar-refractivity contribution in [2.45, 2.75) is 32.5 Å². The van der Waals surface area contributed by atoms with Crippen LogP contribution in [0.25, 0.3) is 0 Å². The molecule has 1 aromatic carbocycles. The van der Waals surface area contributed by atoms with Crippen molar-refractivity contribution in [2.75, 3.05) is 19.8 Å². The van der Waals surface area contributed by atoms with Gasteiger partial charge in [0, 0.05) is 5.41 Å². The molecule has 3 saturated heterocycles.